The average molecular weight is 286 g/mol. The van der Waals surface area contributed by atoms with Gasteiger partial charge in [-0.1, -0.05) is 41.9 Å². The minimum Gasteiger partial charge on any atom is -0.305 e. The molecule has 1 heterocycles. The van der Waals surface area contributed by atoms with Crippen molar-refractivity contribution in [1.29, 1.82) is 0 Å². The molecular weight excluding hydrogens is 270 g/mol. The lowest BCUT2D eigenvalue weighted by Crippen LogP contribution is -2.38. The minimum atomic E-state index is 0.0809. The second-order valence-electron chi connectivity index (χ2n) is 5.06. The zero-order chi connectivity index (χ0) is 13.9. The van der Waals surface area contributed by atoms with Gasteiger partial charge in [-0.15, -0.1) is 0 Å². The lowest BCUT2D eigenvalue weighted by Gasteiger charge is -2.36. The number of carbonyl (C=O) groups is 1. The van der Waals surface area contributed by atoms with Gasteiger partial charge in [0.25, 0.3) is 0 Å². The molecule has 1 unspecified atom stereocenters. The SMILES string of the molecule is O=C1CCCC(c2cccc(Cl)c2)N1c1ccccc1. The zero-order valence-corrected chi connectivity index (χ0v) is 11.9. The molecule has 0 radical (unpaired) electrons. The van der Waals surface area contributed by atoms with Crippen LogP contribution in [0.2, 0.25) is 5.02 Å². The summed E-state index contributed by atoms with van der Waals surface area (Å²) >= 11 is 6.09. The molecular formula is C17H16ClNO. The molecule has 2 nitrogen and oxygen atoms in total. The van der Waals surface area contributed by atoms with Gasteiger partial charge in [0.05, 0.1) is 6.04 Å². The van der Waals surface area contributed by atoms with Gasteiger partial charge in [0, 0.05) is 17.1 Å². The Morgan fingerprint density at radius 3 is 2.60 bits per heavy atom. The smallest absolute Gasteiger partial charge is 0.227 e. The third-order valence-electron chi connectivity index (χ3n) is 3.72. The van der Waals surface area contributed by atoms with Crippen molar-refractivity contribution in [2.24, 2.45) is 0 Å². The van der Waals surface area contributed by atoms with E-state index < -0.39 is 0 Å². The number of halogens is 1. The minimum absolute atomic E-state index is 0.0809. The maximum Gasteiger partial charge on any atom is 0.227 e. The molecule has 2 aromatic carbocycles. The van der Waals surface area contributed by atoms with E-state index in [-0.39, 0.29) is 11.9 Å². The molecule has 0 saturated carbocycles. The van der Waals surface area contributed by atoms with Crippen molar-refractivity contribution in [2.45, 2.75) is 25.3 Å². The molecule has 1 atom stereocenters. The Morgan fingerprint density at radius 1 is 1.05 bits per heavy atom. The van der Waals surface area contributed by atoms with E-state index in [9.17, 15) is 4.79 Å². The Morgan fingerprint density at radius 2 is 1.85 bits per heavy atom. The molecule has 1 saturated heterocycles. The number of benzene rings is 2. The van der Waals surface area contributed by atoms with Gasteiger partial charge < -0.3 is 4.90 Å². The quantitative estimate of drug-likeness (QED) is 0.790. The third kappa shape index (κ3) is 2.56. The predicted octanol–water partition coefficient (Wildman–Crippen LogP) is 4.60. The van der Waals surface area contributed by atoms with Crippen LogP contribution in [0.4, 0.5) is 5.69 Å². The van der Waals surface area contributed by atoms with Crippen LogP contribution in [0.25, 0.3) is 0 Å². The number of carbonyl (C=O) groups excluding carboxylic acids is 1. The van der Waals surface area contributed by atoms with E-state index in [0.717, 1.165) is 24.1 Å². The molecule has 1 aliphatic heterocycles. The molecule has 0 aromatic heterocycles. The molecule has 102 valence electrons. The number of hydrogen-bond acceptors (Lipinski definition) is 1. The first-order valence-electron chi connectivity index (χ1n) is 6.88. The van der Waals surface area contributed by atoms with Gasteiger partial charge in [-0.2, -0.15) is 0 Å². The van der Waals surface area contributed by atoms with E-state index in [1.165, 1.54) is 0 Å². The number of para-hydroxylation sites is 1. The van der Waals surface area contributed by atoms with Crippen molar-refractivity contribution in [1.82, 2.24) is 0 Å². The van der Waals surface area contributed by atoms with Crippen LogP contribution in [0, 0.1) is 0 Å². The Bertz CT molecular complexity index is 611. The summed E-state index contributed by atoms with van der Waals surface area (Å²) in [5.41, 5.74) is 2.07. The predicted molar refractivity (Wildman–Crippen MR) is 82.0 cm³/mol. The maximum atomic E-state index is 12.4. The van der Waals surface area contributed by atoms with Crippen molar-refractivity contribution < 1.29 is 4.79 Å². The van der Waals surface area contributed by atoms with Crippen LogP contribution in [0.5, 0.6) is 0 Å². The van der Waals surface area contributed by atoms with E-state index in [1.54, 1.807) is 0 Å². The first kappa shape index (κ1) is 13.2. The molecule has 2 aromatic rings. The van der Waals surface area contributed by atoms with Crippen LogP contribution in [-0.2, 0) is 4.79 Å². The third-order valence-corrected chi connectivity index (χ3v) is 3.95. The summed E-state index contributed by atoms with van der Waals surface area (Å²) in [5, 5.41) is 0.716. The number of rotatable bonds is 2. The fourth-order valence-corrected chi connectivity index (χ4v) is 3.01. The highest BCUT2D eigenvalue weighted by Gasteiger charge is 2.30. The average Bonchev–Trinajstić information content (AvgIpc) is 2.48. The van der Waals surface area contributed by atoms with Gasteiger partial charge in [0.1, 0.15) is 0 Å². The van der Waals surface area contributed by atoms with Crippen LogP contribution in [0.1, 0.15) is 30.9 Å². The van der Waals surface area contributed by atoms with Crippen molar-refractivity contribution in [3.8, 4) is 0 Å². The van der Waals surface area contributed by atoms with Crippen molar-refractivity contribution >= 4 is 23.2 Å². The van der Waals surface area contributed by atoms with Gasteiger partial charge in [-0.25, -0.2) is 0 Å². The van der Waals surface area contributed by atoms with Crippen LogP contribution in [0.15, 0.2) is 54.6 Å². The first-order chi connectivity index (χ1) is 9.75. The molecule has 20 heavy (non-hydrogen) atoms. The van der Waals surface area contributed by atoms with E-state index in [4.69, 9.17) is 11.6 Å². The van der Waals surface area contributed by atoms with Crippen molar-refractivity contribution in [3.63, 3.8) is 0 Å². The Kier molecular flexibility index (Phi) is 3.75. The molecule has 0 spiro atoms. The summed E-state index contributed by atoms with van der Waals surface area (Å²) in [7, 11) is 0. The Labute approximate surface area is 124 Å². The van der Waals surface area contributed by atoms with Crippen LogP contribution < -0.4 is 4.90 Å². The lowest BCUT2D eigenvalue weighted by molar-refractivity contribution is -0.120. The molecule has 1 fully saturated rings. The molecule has 0 bridgehead atoms. The molecule has 0 aliphatic carbocycles. The van der Waals surface area contributed by atoms with Crippen LogP contribution >= 0.6 is 11.6 Å². The summed E-state index contributed by atoms with van der Waals surface area (Å²) < 4.78 is 0. The lowest BCUT2D eigenvalue weighted by atomic mass is 9.94. The van der Waals surface area contributed by atoms with Gasteiger partial charge in [0.15, 0.2) is 0 Å². The van der Waals surface area contributed by atoms with Crippen LogP contribution in [-0.4, -0.2) is 5.91 Å². The summed E-state index contributed by atoms with van der Waals surface area (Å²) in [4.78, 5) is 14.3. The number of anilines is 1. The number of hydrogen-bond donors (Lipinski definition) is 0. The molecule has 1 amide bonds. The Balaban J connectivity index is 2.01. The monoisotopic (exact) mass is 285 g/mol. The number of piperidine rings is 1. The second kappa shape index (κ2) is 5.68. The fraction of sp³-hybridized carbons (Fsp3) is 0.235. The van der Waals surface area contributed by atoms with Gasteiger partial charge in [0.2, 0.25) is 5.91 Å². The number of nitrogens with zero attached hydrogens (tertiary/aromatic N) is 1. The highest BCUT2D eigenvalue weighted by atomic mass is 35.5. The van der Waals surface area contributed by atoms with Crippen molar-refractivity contribution in [3.05, 3.63) is 65.2 Å². The highest BCUT2D eigenvalue weighted by Crippen LogP contribution is 2.36. The van der Waals surface area contributed by atoms with Gasteiger partial charge in [-0.05, 0) is 42.7 Å². The highest BCUT2D eigenvalue weighted by molar-refractivity contribution is 6.30. The van der Waals surface area contributed by atoms with E-state index in [2.05, 4.69) is 0 Å². The largest absolute Gasteiger partial charge is 0.305 e. The Hall–Kier alpha value is -1.80. The normalized spacial score (nSPS) is 19.1. The maximum absolute atomic E-state index is 12.4. The summed E-state index contributed by atoms with van der Waals surface area (Å²) in [6.07, 6.45) is 2.52. The summed E-state index contributed by atoms with van der Waals surface area (Å²) in [6, 6.07) is 17.8. The zero-order valence-electron chi connectivity index (χ0n) is 11.1. The van der Waals surface area contributed by atoms with E-state index in [1.807, 2.05) is 59.5 Å². The standard InChI is InChI=1S/C17H16ClNO/c18-14-7-4-6-13(12-14)16-10-5-11-17(20)19(16)15-8-2-1-3-9-15/h1-4,6-9,12,16H,5,10-11H2. The molecule has 3 heteroatoms. The van der Waals surface area contributed by atoms with Gasteiger partial charge >= 0.3 is 0 Å². The van der Waals surface area contributed by atoms with Crippen LogP contribution in [0.3, 0.4) is 0 Å². The first-order valence-corrected chi connectivity index (χ1v) is 7.26. The topological polar surface area (TPSA) is 20.3 Å². The summed E-state index contributed by atoms with van der Waals surface area (Å²) in [5.74, 6) is 0.187. The van der Waals surface area contributed by atoms with E-state index >= 15 is 0 Å². The number of amides is 1. The molecule has 3 rings (SSSR count). The van der Waals surface area contributed by atoms with E-state index in [0.29, 0.717) is 11.4 Å². The fourth-order valence-electron chi connectivity index (χ4n) is 2.81. The molecule has 0 N–H and O–H groups in total. The van der Waals surface area contributed by atoms with Crippen molar-refractivity contribution in [2.75, 3.05) is 4.90 Å². The summed E-state index contributed by atoms with van der Waals surface area (Å²) in [6.45, 7) is 0. The second-order valence-corrected chi connectivity index (χ2v) is 5.50. The molecule has 1 aliphatic rings. The van der Waals surface area contributed by atoms with Gasteiger partial charge in [-0.3, -0.25) is 4.79 Å².